The Morgan fingerprint density at radius 1 is 1.47 bits per heavy atom. The van der Waals surface area contributed by atoms with Crippen LogP contribution in [0.1, 0.15) is 29.8 Å². The van der Waals surface area contributed by atoms with Crippen LogP contribution in [0.25, 0.3) is 0 Å². The Morgan fingerprint density at radius 2 is 2.21 bits per heavy atom. The normalized spacial score (nSPS) is 14.5. The molecule has 0 unspecified atom stereocenters. The lowest BCUT2D eigenvalue weighted by Gasteiger charge is -2.14. The van der Waals surface area contributed by atoms with Crippen LogP contribution in [0.15, 0.2) is 5.38 Å². The van der Waals surface area contributed by atoms with Crippen LogP contribution in [0.4, 0.5) is 5.13 Å². The minimum absolute atomic E-state index is 0.176. The summed E-state index contributed by atoms with van der Waals surface area (Å²) in [5, 5.41) is 5.32. The summed E-state index contributed by atoms with van der Waals surface area (Å²) in [6.45, 7) is 2.29. The van der Waals surface area contributed by atoms with E-state index in [1.54, 1.807) is 5.38 Å². The van der Waals surface area contributed by atoms with Crippen LogP contribution < -0.4 is 5.32 Å². The summed E-state index contributed by atoms with van der Waals surface area (Å²) in [6.07, 6.45) is 2.66. The van der Waals surface area contributed by atoms with Gasteiger partial charge in [0, 0.05) is 31.4 Å². The number of ether oxygens (including phenoxy) is 1. The van der Waals surface area contributed by atoms with Crippen molar-refractivity contribution in [3.63, 3.8) is 0 Å². The number of carbonyl (C=O) groups excluding carboxylic acids is 2. The highest BCUT2D eigenvalue weighted by Gasteiger charge is 2.17. The quantitative estimate of drug-likeness (QED) is 0.826. The van der Waals surface area contributed by atoms with Crippen molar-refractivity contribution < 1.29 is 14.3 Å². The molecule has 2 heterocycles. The van der Waals surface area contributed by atoms with Crippen molar-refractivity contribution in [2.75, 3.05) is 32.1 Å². The Bertz CT molecular complexity index is 455. The van der Waals surface area contributed by atoms with Crippen molar-refractivity contribution in [3.05, 3.63) is 11.1 Å². The summed E-state index contributed by atoms with van der Waals surface area (Å²) in [6, 6.07) is 0. The summed E-state index contributed by atoms with van der Waals surface area (Å²) in [5.41, 5.74) is 0.292. The topological polar surface area (TPSA) is 71.5 Å². The van der Waals surface area contributed by atoms with E-state index in [9.17, 15) is 9.59 Å². The van der Waals surface area contributed by atoms with Gasteiger partial charge in [0.05, 0.1) is 7.11 Å². The number of nitrogens with one attached hydrogen (secondary N) is 1. The molecule has 0 spiro atoms. The zero-order chi connectivity index (χ0) is 13.7. The number of methoxy groups -OCH3 is 1. The Labute approximate surface area is 115 Å². The minimum atomic E-state index is -0.447. The molecule has 0 aromatic carbocycles. The number of thiazole rings is 1. The molecule has 2 rings (SSSR count). The molecule has 0 atom stereocenters. The van der Waals surface area contributed by atoms with Gasteiger partial charge in [-0.05, 0) is 12.8 Å². The van der Waals surface area contributed by atoms with Crippen molar-refractivity contribution in [2.24, 2.45) is 0 Å². The Kier molecular flexibility index (Phi) is 4.73. The Balaban J connectivity index is 1.74. The molecule has 1 aliphatic heterocycles. The van der Waals surface area contributed by atoms with Gasteiger partial charge in [0.1, 0.15) is 0 Å². The van der Waals surface area contributed by atoms with Crippen molar-refractivity contribution >= 4 is 28.3 Å². The van der Waals surface area contributed by atoms with E-state index in [0.717, 1.165) is 25.9 Å². The predicted octanol–water partition coefficient (Wildman–Crippen LogP) is 1.35. The SMILES string of the molecule is COC(=O)c1csc(NCCC(=O)N2CCCC2)n1. The highest BCUT2D eigenvalue weighted by Crippen LogP contribution is 2.16. The van der Waals surface area contributed by atoms with E-state index in [1.165, 1.54) is 18.4 Å². The molecule has 1 aliphatic rings. The van der Waals surface area contributed by atoms with E-state index in [2.05, 4.69) is 15.0 Å². The van der Waals surface area contributed by atoms with Gasteiger partial charge in [0.25, 0.3) is 0 Å². The monoisotopic (exact) mass is 283 g/mol. The molecular formula is C12H17N3O3S. The average molecular weight is 283 g/mol. The van der Waals surface area contributed by atoms with Crippen LogP contribution in [0, 0.1) is 0 Å². The second-order valence-electron chi connectivity index (χ2n) is 4.29. The zero-order valence-electron chi connectivity index (χ0n) is 10.8. The van der Waals surface area contributed by atoms with Crippen molar-refractivity contribution in [1.29, 1.82) is 0 Å². The molecule has 1 N–H and O–H groups in total. The van der Waals surface area contributed by atoms with E-state index < -0.39 is 5.97 Å². The first-order valence-corrected chi connectivity index (χ1v) is 7.14. The molecule has 1 saturated heterocycles. The Hall–Kier alpha value is -1.63. The third kappa shape index (κ3) is 3.66. The maximum Gasteiger partial charge on any atom is 0.357 e. The van der Waals surface area contributed by atoms with Crippen LogP contribution in [-0.4, -0.2) is 48.5 Å². The first kappa shape index (κ1) is 13.8. The molecule has 7 heteroatoms. The second-order valence-corrected chi connectivity index (χ2v) is 5.15. The van der Waals surface area contributed by atoms with E-state index in [-0.39, 0.29) is 5.91 Å². The molecule has 0 bridgehead atoms. The fourth-order valence-corrected chi connectivity index (χ4v) is 2.66. The maximum absolute atomic E-state index is 11.8. The van der Waals surface area contributed by atoms with Gasteiger partial charge in [-0.2, -0.15) is 0 Å². The maximum atomic E-state index is 11.8. The first-order chi connectivity index (χ1) is 9.20. The van der Waals surface area contributed by atoms with Gasteiger partial charge in [-0.1, -0.05) is 0 Å². The standard InChI is InChI=1S/C12H17N3O3S/c1-18-11(17)9-8-19-12(14-9)13-5-4-10(16)15-6-2-3-7-15/h8H,2-7H2,1H3,(H,13,14). The number of hydrogen-bond donors (Lipinski definition) is 1. The number of nitrogens with zero attached hydrogens (tertiary/aromatic N) is 2. The molecule has 1 amide bonds. The van der Waals surface area contributed by atoms with Gasteiger partial charge in [-0.3, -0.25) is 4.79 Å². The van der Waals surface area contributed by atoms with E-state index >= 15 is 0 Å². The molecule has 0 saturated carbocycles. The first-order valence-electron chi connectivity index (χ1n) is 6.26. The van der Waals surface area contributed by atoms with Crippen LogP contribution in [0.5, 0.6) is 0 Å². The summed E-state index contributed by atoms with van der Waals surface area (Å²) in [7, 11) is 1.32. The minimum Gasteiger partial charge on any atom is -0.464 e. The van der Waals surface area contributed by atoms with Gasteiger partial charge >= 0.3 is 5.97 Å². The average Bonchev–Trinajstić information content (AvgIpc) is 3.08. The van der Waals surface area contributed by atoms with E-state index in [0.29, 0.717) is 23.8 Å². The van der Waals surface area contributed by atoms with Gasteiger partial charge < -0.3 is 15.0 Å². The van der Waals surface area contributed by atoms with Gasteiger partial charge in [-0.25, -0.2) is 9.78 Å². The number of aromatic nitrogens is 1. The largest absolute Gasteiger partial charge is 0.464 e. The molecule has 6 nitrogen and oxygen atoms in total. The highest BCUT2D eigenvalue weighted by atomic mass is 32.1. The van der Waals surface area contributed by atoms with Crippen molar-refractivity contribution in [2.45, 2.75) is 19.3 Å². The zero-order valence-corrected chi connectivity index (χ0v) is 11.7. The third-order valence-corrected chi connectivity index (χ3v) is 3.77. The highest BCUT2D eigenvalue weighted by molar-refractivity contribution is 7.13. The van der Waals surface area contributed by atoms with Crippen molar-refractivity contribution in [1.82, 2.24) is 9.88 Å². The number of amides is 1. The number of rotatable bonds is 5. The molecule has 1 fully saturated rings. The summed E-state index contributed by atoms with van der Waals surface area (Å²) >= 11 is 1.33. The number of carbonyl (C=O) groups is 2. The number of esters is 1. The summed E-state index contributed by atoms with van der Waals surface area (Å²) < 4.78 is 4.58. The second kappa shape index (κ2) is 6.51. The van der Waals surface area contributed by atoms with Gasteiger partial charge in [0.15, 0.2) is 10.8 Å². The van der Waals surface area contributed by atoms with Crippen LogP contribution >= 0.6 is 11.3 Å². The fraction of sp³-hybridized carbons (Fsp3) is 0.583. The molecule has 1 aromatic rings. The lowest BCUT2D eigenvalue weighted by molar-refractivity contribution is -0.129. The number of likely N-dealkylation sites (tertiary alicyclic amines) is 1. The Morgan fingerprint density at radius 3 is 2.89 bits per heavy atom. The molecule has 104 valence electrons. The summed E-state index contributed by atoms with van der Waals surface area (Å²) in [4.78, 5) is 29.0. The van der Waals surface area contributed by atoms with E-state index in [4.69, 9.17) is 0 Å². The number of hydrogen-bond acceptors (Lipinski definition) is 6. The van der Waals surface area contributed by atoms with Gasteiger partial charge in [-0.15, -0.1) is 11.3 Å². The lowest BCUT2D eigenvalue weighted by Crippen LogP contribution is -2.29. The number of anilines is 1. The summed E-state index contributed by atoms with van der Waals surface area (Å²) in [5.74, 6) is -0.271. The predicted molar refractivity (Wildman–Crippen MR) is 72.4 cm³/mol. The van der Waals surface area contributed by atoms with Crippen LogP contribution in [0.3, 0.4) is 0 Å². The smallest absolute Gasteiger partial charge is 0.357 e. The van der Waals surface area contributed by atoms with Gasteiger partial charge in [0.2, 0.25) is 5.91 Å². The van der Waals surface area contributed by atoms with Crippen LogP contribution in [-0.2, 0) is 9.53 Å². The molecule has 0 radical (unpaired) electrons. The third-order valence-electron chi connectivity index (χ3n) is 2.97. The van der Waals surface area contributed by atoms with Crippen LogP contribution in [0.2, 0.25) is 0 Å². The fourth-order valence-electron chi connectivity index (χ4n) is 1.95. The lowest BCUT2D eigenvalue weighted by atomic mass is 10.3. The van der Waals surface area contributed by atoms with Crippen molar-refractivity contribution in [3.8, 4) is 0 Å². The molecule has 1 aromatic heterocycles. The molecule has 19 heavy (non-hydrogen) atoms. The van der Waals surface area contributed by atoms with E-state index in [1.807, 2.05) is 4.90 Å². The molecular weight excluding hydrogens is 266 g/mol. The molecule has 0 aliphatic carbocycles.